The summed E-state index contributed by atoms with van der Waals surface area (Å²) in [5.41, 5.74) is 0.376. The van der Waals surface area contributed by atoms with Crippen LogP contribution in [0, 0.1) is 11.9 Å². The summed E-state index contributed by atoms with van der Waals surface area (Å²) in [5, 5.41) is 0. The van der Waals surface area contributed by atoms with E-state index in [-0.39, 0.29) is 5.82 Å². The van der Waals surface area contributed by atoms with Gasteiger partial charge in [-0.05, 0) is 41.5 Å². The molecule has 2 aromatic carbocycles. The standard InChI is InChI=1S/C13H7F4/c14-12-7-3-10(4-8-12)9-1-5-11(6-2-9)13(15,16)17/h1,3-8H. The number of hydrogen-bond acceptors (Lipinski definition) is 0. The van der Waals surface area contributed by atoms with Gasteiger partial charge in [-0.3, -0.25) is 0 Å². The lowest BCUT2D eigenvalue weighted by atomic mass is 10.0. The second-order valence-corrected chi connectivity index (χ2v) is 3.50. The summed E-state index contributed by atoms with van der Waals surface area (Å²) in [4.78, 5) is 0. The van der Waals surface area contributed by atoms with Crippen molar-refractivity contribution in [2.24, 2.45) is 0 Å². The maximum absolute atomic E-state index is 12.7. The van der Waals surface area contributed by atoms with Crippen molar-refractivity contribution >= 4 is 0 Å². The van der Waals surface area contributed by atoms with Crippen molar-refractivity contribution < 1.29 is 17.6 Å². The Hall–Kier alpha value is -1.84. The molecule has 17 heavy (non-hydrogen) atoms. The van der Waals surface area contributed by atoms with Gasteiger partial charge in [0.2, 0.25) is 0 Å². The Morgan fingerprint density at radius 3 is 2.00 bits per heavy atom. The van der Waals surface area contributed by atoms with Gasteiger partial charge in [0, 0.05) is 0 Å². The molecule has 2 rings (SSSR count). The van der Waals surface area contributed by atoms with Crippen LogP contribution in [0.1, 0.15) is 5.56 Å². The molecule has 0 aliphatic heterocycles. The van der Waals surface area contributed by atoms with Crippen molar-refractivity contribution in [3.63, 3.8) is 0 Å². The fourth-order valence-electron chi connectivity index (χ4n) is 1.41. The molecule has 0 aliphatic rings. The van der Waals surface area contributed by atoms with E-state index in [1.54, 1.807) is 0 Å². The summed E-state index contributed by atoms with van der Waals surface area (Å²) in [5.74, 6) is -0.388. The number of rotatable bonds is 1. The molecule has 0 nitrogen and oxygen atoms in total. The zero-order chi connectivity index (χ0) is 12.5. The minimum absolute atomic E-state index is 0.388. The monoisotopic (exact) mass is 239 g/mol. The van der Waals surface area contributed by atoms with Crippen LogP contribution in [0.2, 0.25) is 0 Å². The van der Waals surface area contributed by atoms with Crippen molar-refractivity contribution in [2.45, 2.75) is 6.18 Å². The van der Waals surface area contributed by atoms with Crippen molar-refractivity contribution in [1.82, 2.24) is 0 Å². The Balaban J connectivity index is 2.33. The lowest BCUT2D eigenvalue weighted by molar-refractivity contribution is -0.137. The predicted octanol–water partition coefficient (Wildman–Crippen LogP) is 4.31. The smallest absolute Gasteiger partial charge is 0.207 e. The molecule has 4 heteroatoms. The molecule has 0 amide bonds. The quantitative estimate of drug-likeness (QED) is 0.650. The van der Waals surface area contributed by atoms with Gasteiger partial charge in [0.15, 0.2) is 0 Å². The van der Waals surface area contributed by atoms with E-state index >= 15 is 0 Å². The molecule has 0 aliphatic carbocycles. The Kier molecular flexibility index (Phi) is 2.88. The SMILES string of the molecule is Fc1ccc(-c2[c]cc(C(F)(F)F)cc2)cc1. The second-order valence-electron chi connectivity index (χ2n) is 3.50. The van der Waals surface area contributed by atoms with Crippen LogP contribution in [0.4, 0.5) is 17.6 Å². The molecule has 0 aromatic heterocycles. The highest BCUT2D eigenvalue weighted by molar-refractivity contribution is 5.62. The van der Waals surface area contributed by atoms with Crippen molar-refractivity contribution in [3.05, 3.63) is 59.9 Å². The molecular weight excluding hydrogens is 232 g/mol. The molecule has 0 heterocycles. The average Bonchev–Trinajstić information content (AvgIpc) is 2.29. The van der Waals surface area contributed by atoms with Crippen LogP contribution in [-0.2, 0) is 6.18 Å². The Labute approximate surface area is 95.5 Å². The average molecular weight is 239 g/mol. The van der Waals surface area contributed by atoms with Gasteiger partial charge in [0.25, 0.3) is 0 Å². The molecule has 0 N–H and O–H groups in total. The minimum atomic E-state index is -4.36. The first-order valence-corrected chi connectivity index (χ1v) is 4.82. The highest BCUT2D eigenvalue weighted by Crippen LogP contribution is 2.30. The number of halogens is 4. The van der Waals surface area contributed by atoms with E-state index in [1.165, 1.54) is 30.3 Å². The van der Waals surface area contributed by atoms with Gasteiger partial charge >= 0.3 is 6.18 Å². The van der Waals surface area contributed by atoms with Crippen molar-refractivity contribution in [1.29, 1.82) is 0 Å². The lowest BCUT2D eigenvalue weighted by Crippen LogP contribution is -2.04. The van der Waals surface area contributed by atoms with Crippen LogP contribution in [0.3, 0.4) is 0 Å². The molecule has 0 saturated carbocycles. The van der Waals surface area contributed by atoms with E-state index in [4.69, 9.17) is 0 Å². The molecule has 1 radical (unpaired) electrons. The number of alkyl halides is 3. The first-order valence-electron chi connectivity index (χ1n) is 4.82. The third-order valence-electron chi connectivity index (χ3n) is 2.30. The van der Waals surface area contributed by atoms with Gasteiger partial charge < -0.3 is 0 Å². The Morgan fingerprint density at radius 2 is 1.53 bits per heavy atom. The van der Waals surface area contributed by atoms with Gasteiger partial charge in [0.1, 0.15) is 5.82 Å². The molecule has 0 spiro atoms. The van der Waals surface area contributed by atoms with Crippen molar-refractivity contribution in [3.8, 4) is 11.1 Å². The van der Waals surface area contributed by atoms with Gasteiger partial charge in [0.05, 0.1) is 5.56 Å². The van der Waals surface area contributed by atoms with Gasteiger partial charge in [-0.1, -0.05) is 18.2 Å². The zero-order valence-corrected chi connectivity index (χ0v) is 8.55. The fraction of sp³-hybridized carbons (Fsp3) is 0.0769. The largest absolute Gasteiger partial charge is 0.416 e. The summed E-state index contributed by atoms with van der Waals surface area (Å²) in [7, 11) is 0. The topological polar surface area (TPSA) is 0 Å². The Bertz CT molecular complexity index is 494. The molecule has 0 unspecified atom stereocenters. The predicted molar refractivity (Wildman–Crippen MR) is 55.7 cm³/mol. The maximum Gasteiger partial charge on any atom is 0.416 e. The van der Waals surface area contributed by atoms with E-state index in [0.29, 0.717) is 11.1 Å². The Morgan fingerprint density at radius 1 is 0.882 bits per heavy atom. The normalized spacial score (nSPS) is 11.5. The highest BCUT2D eigenvalue weighted by atomic mass is 19.4. The second kappa shape index (κ2) is 4.20. The van der Waals surface area contributed by atoms with E-state index in [2.05, 4.69) is 6.07 Å². The molecule has 0 saturated heterocycles. The molecule has 0 bridgehead atoms. The zero-order valence-electron chi connectivity index (χ0n) is 8.55. The summed E-state index contributed by atoms with van der Waals surface area (Å²) >= 11 is 0. The van der Waals surface area contributed by atoms with E-state index < -0.39 is 11.7 Å². The van der Waals surface area contributed by atoms with Crippen LogP contribution in [0.5, 0.6) is 0 Å². The maximum atomic E-state index is 12.7. The van der Waals surface area contributed by atoms with Crippen LogP contribution >= 0.6 is 0 Å². The first-order chi connectivity index (χ1) is 7.97. The van der Waals surface area contributed by atoms with Gasteiger partial charge in [-0.15, -0.1) is 0 Å². The third kappa shape index (κ3) is 2.64. The van der Waals surface area contributed by atoms with Crippen LogP contribution in [0.25, 0.3) is 11.1 Å². The van der Waals surface area contributed by atoms with E-state index in [0.717, 1.165) is 12.1 Å². The summed E-state index contributed by atoms with van der Waals surface area (Å²) in [6.45, 7) is 0. The van der Waals surface area contributed by atoms with Crippen LogP contribution < -0.4 is 0 Å². The molecular formula is C13H7F4. The number of hydrogen-bond donors (Lipinski definition) is 0. The molecule has 2 aromatic rings. The van der Waals surface area contributed by atoms with Crippen molar-refractivity contribution in [2.75, 3.05) is 0 Å². The van der Waals surface area contributed by atoms with Gasteiger partial charge in [-0.25, -0.2) is 4.39 Å². The van der Waals surface area contributed by atoms with Gasteiger partial charge in [-0.2, -0.15) is 13.2 Å². The number of benzene rings is 2. The van der Waals surface area contributed by atoms with Crippen LogP contribution in [0.15, 0.2) is 42.5 Å². The van der Waals surface area contributed by atoms with Crippen LogP contribution in [-0.4, -0.2) is 0 Å². The summed E-state index contributed by atoms with van der Waals surface area (Å²) in [6.07, 6.45) is -4.36. The molecule has 0 atom stereocenters. The van der Waals surface area contributed by atoms with E-state index in [9.17, 15) is 17.6 Å². The first kappa shape index (κ1) is 11.6. The third-order valence-corrected chi connectivity index (χ3v) is 2.30. The minimum Gasteiger partial charge on any atom is -0.207 e. The lowest BCUT2D eigenvalue weighted by Gasteiger charge is -2.07. The summed E-state index contributed by atoms with van der Waals surface area (Å²) < 4.78 is 49.6. The highest BCUT2D eigenvalue weighted by Gasteiger charge is 2.29. The molecule has 87 valence electrons. The van der Waals surface area contributed by atoms with E-state index in [1.807, 2.05) is 0 Å². The summed E-state index contributed by atoms with van der Waals surface area (Å²) in [6, 6.07) is 11.2. The molecule has 0 fully saturated rings. The fourth-order valence-corrected chi connectivity index (χ4v) is 1.41.